The lowest BCUT2D eigenvalue weighted by Crippen LogP contribution is -2.38. The molecule has 0 saturated carbocycles. The maximum Gasteiger partial charge on any atom is 0.110 e. The largest absolute Gasteiger partial charge is 0.497 e. The van der Waals surface area contributed by atoms with Crippen LogP contribution < -0.4 is 11.3 Å². The fourth-order valence-corrected chi connectivity index (χ4v) is 1.97. The summed E-state index contributed by atoms with van der Waals surface area (Å²) < 4.78 is 5.62. The zero-order valence-corrected chi connectivity index (χ0v) is 9.93. The van der Waals surface area contributed by atoms with E-state index in [1.807, 2.05) is 24.4 Å². The number of nitrogens with one attached hydrogen (secondary N) is 1. The SMILES string of the molecule is NNC(CCc1ccccn1)C1=CCCCO1. The second-order valence-electron chi connectivity index (χ2n) is 4.18. The minimum Gasteiger partial charge on any atom is -0.497 e. The predicted octanol–water partition coefficient (Wildman–Crippen LogP) is 1.54. The molecule has 0 bridgehead atoms. The van der Waals surface area contributed by atoms with Crippen molar-refractivity contribution in [2.75, 3.05) is 6.61 Å². The summed E-state index contributed by atoms with van der Waals surface area (Å²) in [5.41, 5.74) is 3.91. The van der Waals surface area contributed by atoms with E-state index in [4.69, 9.17) is 10.6 Å². The van der Waals surface area contributed by atoms with E-state index in [0.29, 0.717) is 0 Å². The zero-order valence-electron chi connectivity index (χ0n) is 9.93. The van der Waals surface area contributed by atoms with Gasteiger partial charge in [0.2, 0.25) is 0 Å². The van der Waals surface area contributed by atoms with Crippen molar-refractivity contribution < 1.29 is 4.74 Å². The molecule has 4 nitrogen and oxygen atoms in total. The summed E-state index contributed by atoms with van der Waals surface area (Å²) in [5, 5.41) is 0. The minimum absolute atomic E-state index is 0.0947. The first-order chi connectivity index (χ1) is 8.40. The van der Waals surface area contributed by atoms with Gasteiger partial charge in [-0.2, -0.15) is 0 Å². The van der Waals surface area contributed by atoms with Gasteiger partial charge >= 0.3 is 0 Å². The van der Waals surface area contributed by atoms with Gasteiger partial charge in [0.05, 0.1) is 12.6 Å². The Kier molecular flexibility index (Phi) is 4.53. The Morgan fingerprint density at radius 1 is 1.47 bits per heavy atom. The highest BCUT2D eigenvalue weighted by Crippen LogP contribution is 2.16. The first-order valence-corrected chi connectivity index (χ1v) is 6.09. The van der Waals surface area contributed by atoms with E-state index in [9.17, 15) is 0 Å². The first-order valence-electron chi connectivity index (χ1n) is 6.09. The summed E-state index contributed by atoms with van der Waals surface area (Å²) in [6, 6.07) is 6.06. The van der Waals surface area contributed by atoms with Gasteiger partial charge in [-0.3, -0.25) is 10.8 Å². The summed E-state index contributed by atoms with van der Waals surface area (Å²) >= 11 is 0. The zero-order chi connectivity index (χ0) is 11.9. The fraction of sp³-hybridized carbons (Fsp3) is 0.462. The van der Waals surface area contributed by atoms with E-state index in [1.54, 1.807) is 0 Å². The molecule has 2 rings (SSSR count). The number of pyridine rings is 1. The van der Waals surface area contributed by atoms with E-state index < -0.39 is 0 Å². The summed E-state index contributed by atoms with van der Waals surface area (Å²) in [4.78, 5) is 4.30. The van der Waals surface area contributed by atoms with Crippen molar-refractivity contribution in [3.05, 3.63) is 41.9 Å². The number of hydrazine groups is 1. The Labute approximate surface area is 102 Å². The average Bonchev–Trinajstić information content (AvgIpc) is 2.42. The summed E-state index contributed by atoms with van der Waals surface area (Å²) in [5.74, 6) is 6.56. The van der Waals surface area contributed by atoms with E-state index in [1.165, 1.54) is 0 Å². The van der Waals surface area contributed by atoms with Crippen LogP contribution in [0.3, 0.4) is 0 Å². The molecule has 92 valence electrons. The van der Waals surface area contributed by atoms with Crippen LogP contribution >= 0.6 is 0 Å². The predicted molar refractivity (Wildman–Crippen MR) is 66.9 cm³/mol. The monoisotopic (exact) mass is 233 g/mol. The number of nitrogens with two attached hydrogens (primary N) is 1. The van der Waals surface area contributed by atoms with Crippen LogP contribution in [0.1, 0.15) is 25.0 Å². The average molecular weight is 233 g/mol. The maximum absolute atomic E-state index is 5.62. The van der Waals surface area contributed by atoms with Crippen LogP contribution in [0, 0.1) is 0 Å². The van der Waals surface area contributed by atoms with Gasteiger partial charge in [0, 0.05) is 11.9 Å². The van der Waals surface area contributed by atoms with E-state index >= 15 is 0 Å². The smallest absolute Gasteiger partial charge is 0.110 e. The molecular weight excluding hydrogens is 214 g/mol. The molecule has 0 fully saturated rings. The molecule has 1 aromatic rings. The molecule has 1 aliphatic heterocycles. The summed E-state index contributed by atoms with van der Waals surface area (Å²) in [6.45, 7) is 0.799. The van der Waals surface area contributed by atoms with Crippen LogP contribution in [-0.2, 0) is 11.2 Å². The number of aromatic nitrogens is 1. The third kappa shape index (κ3) is 3.54. The molecule has 1 atom stereocenters. The number of aryl methyl sites for hydroxylation is 1. The number of nitrogens with zero attached hydrogens (tertiary/aromatic N) is 1. The number of rotatable bonds is 5. The second-order valence-corrected chi connectivity index (χ2v) is 4.18. The molecule has 17 heavy (non-hydrogen) atoms. The van der Waals surface area contributed by atoms with E-state index in [-0.39, 0.29) is 6.04 Å². The Hall–Kier alpha value is -1.39. The Bertz CT molecular complexity index is 364. The molecule has 1 aromatic heterocycles. The van der Waals surface area contributed by atoms with Crippen molar-refractivity contribution >= 4 is 0 Å². The van der Waals surface area contributed by atoms with Gasteiger partial charge < -0.3 is 4.74 Å². The Morgan fingerprint density at radius 3 is 3.06 bits per heavy atom. The lowest BCUT2D eigenvalue weighted by atomic mass is 10.1. The molecule has 0 aromatic carbocycles. The summed E-state index contributed by atoms with van der Waals surface area (Å²) in [7, 11) is 0. The number of hydrogen-bond donors (Lipinski definition) is 2. The van der Waals surface area contributed by atoms with E-state index in [0.717, 1.165) is 43.7 Å². The lowest BCUT2D eigenvalue weighted by Gasteiger charge is -2.23. The van der Waals surface area contributed by atoms with Gasteiger partial charge in [-0.25, -0.2) is 5.43 Å². The van der Waals surface area contributed by atoms with Crippen LogP contribution in [-0.4, -0.2) is 17.6 Å². The van der Waals surface area contributed by atoms with Gasteiger partial charge in [0.15, 0.2) is 0 Å². The highest BCUT2D eigenvalue weighted by Gasteiger charge is 2.16. The van der Waals surface area contributed by atoms with Crippen LogP contribution in [0.15, 0.2) is 36.2 Å². The number of ether oxygens (including phenoxy) is 1. The van der Waals surface area contributed by atoms with Crippen molar-refractivity contribution in [1.82, 2.24) is 10.4 Å². The normalized spacial score (nSPS) is 17.1. The molecule has 2 heterocycles. The van der Waals surface area contributed by atoms with Gasteiger partial charge in [0.1, 0.15) is 5.76 Å². The topological polar surface area (TPSA) is 60.2 Å². The van der Waals surface area contributed by atoms with Gasteiger partial charge in [0.25, 0.3) is 0 Å². The van der Waals surface area contributed by atoms with Gasteiger partial charge in [-0.05, 0) is 43.9 Å². The van der Waals surface area contributed by atoms with Crippen LogP contribution in [0.25, 0.3) is 0 Å². The fourth-order valence-electron chi connectivity index (χ4n) is 1.97. The number of hydrogen-bond acceptors (Lipinski definition) is 4. The molecule has 3 N–H and O–H groups in total. The molecule has 1 unspecified atom stereocenters. The molecule has 0 saturated heterocycles. The standard InChI is InChI=1S/C13H19N3O/c14-16-12(13-6-2-4-10-17-13)8-7-11-5-1-3-9-15-11/h1,3,5-6,9,12,16H,2,4,7-8,10,14H2. The Morgan fingerprint density at radius 2 is 2.41 bits per heavy atom. The van der Waals surface area contributed by atoms with Crippen molar-refractivity contribution in [2.24, 2.45) is 5.84 Å². The van der Waals surface area contributed by atoms with Gasteiger partial charge in [-0.1, -0.05) is 6.07 Å². The first kappa shape index (κ1) is 12.1. The maximum atomic E-state index is 5.62. The van der Waals surface area contributed by atoms with Crippen molar-refractivity contribution in [3.63, 3.8) is 0 Å². The Balaban J connectivity index is 1.89. The third-order valence-corrected chi connectivity index (χ3v) is 2.92. The molecule has 0 aliphatic carbocycles. The van der Waals surface area contributed by atoms with Gasteiger partial charge in [-0.15, -0.1) is 0 Å². The lowest BCUT2D eigenvalue weighted by molar-refractivity contribution is 0.165. The highest BCUT2D eigenvalue weighted by molar-refractivity contribution is 5.08. The molecule has 0 amide bonds. The molecule has 0 spiro atoms. The van der Waals surface area contributed by atoms with Crippen molar-refractivity contribution in [1.29, 1.82) is 0 Å². The third-order valence-electron chi connectivity index (χ3n) is 2.92. The minimum atomic E-state index is 0.0947. The van der Waals surface area contributed by atoms with Crippen molar-refractivity contribution in [3.8, 4) is 0 Å². The molecule has 0 radical (unpaired) electrons. The van der Waals surface area contributed by atoms with Crippen LogP contribution in [0.5, 0.6) is 0 Å². The van der Waals surface area contributed by atoms with E-state index in [2.05, 4.69) is 16.5 Å². The molecule has 1 aliphatic rings. The highest BCUT2D eigenvalue weighted by atomic mass is 16.5. The quantitative estimate of drug-likeness (QED) is 0.598. The number of allylic oxidation sites excluding steroid dienone is 1. The summed E-state index contributed by atoms with van der Waals surface area (Å²) in [6.07, 6.45) is 7.93. The molecule has 4 heteroatoms. The van der Waals surface area contributed by atoms with Crippen LogP contribution in [0.2, 0.25) is 0 Å². The van der Waals surface area contributed by atoms with Crippen molar-refractivity contribution in [2.45, 2.75) is 31.7 Å². The second kappa shape index (κ2) is 6.37. The van der Waals surface area contributed by atoms with Crippen LogP contribution in [0.4, 0.5) is 0 Å². The molecular formula is C13H19N3O.